The predicted octanol–water partition coefficient (Wildman–Crippen LogP) is 1.37. The van der Waals surface area contributed by atoms with Crippen molar-refractivity contribution in [3.8, 4) is 0 Å². The van der Waals surface area contributed by atoms with Crippen molar-refractivity contribution in [3.05, 3.63) is 16.4 Å². The normalized spacial score (nSPS) is 14.1. The van der Waals surface area contributed by atoms with Crippen molar-refractivity contribution in [2.24, 2.45) is 7.05 Å². The maximum Gasteiger partial charge on any atom is 0.329 e. The maximum absolute atomic E-state index is 12.0. The minimum atomic E-state index is -1.33. The van der Waals surface area contributed by atoms with Gasteiger partial charge in [0.05, 0.1) is 10.7 Å². The van der Waals surface area contributed by atoms with Crippen LogP contribution in [0.1, 0.15) is 36.5 Å². The van der Waals surface area contributed by atoms with Gasteiger partial charge in [-0.2, -0.15) is 5.10 Å². The molecule has 0 saturated carbocycles. The summed E-state index contributed by atoms with van der Waals surface area (Å²) in [5.74, 6) is -1.68. The van der Waals surface area contributed by atoms with Crippen molar-refractivity contribution < 1.29 is 14.7 Å². The van der Waals surface area contributed by atoms with Gasteiger partial charge in [-0.25, -0.2) is 4.79 Å². The Morgan fingerprint density at radius 3 is 2.44 bits per heavy atom. The van der Waals surface area contributed by atoms with E-state index in [1.165, 1.54) is 11.6 Å². The largest absolute Gasteiger partial charge is 0.480 e. The third-order valence-corrected chi connectivity index (χ3v) is 3.50. The van der Waals surface area contributed by atoms with Crippen LogP contribution in [0, 0.1) is 6.92 Å². The molecule has 1 amide bonds. The highest BCUT2D eigenvalue weighted by atomic mass is 35.5. The van der Waals surface area contributed by atoms with Gasteiger partial charge in [0.2, 0.25) is 0 Å². The van der Waals surface area contributed by atoms with Crippen LogP contribution >= 0.6 is 11.6 Å². The van der Waals surface area contributed by atoms with E-state index in [0.29, 0.717) is 5.69 Å². The fourth-order valence-electron chi connectivity index (χ4n) is 1.33. The lowest BCUT2D eigenvalue weighted by Crippen LogP contribution is -2.51. The number of aromatic nitrogens is 2. The fourth-order valence-corrected chi connectivity index (χ4v) is 1.58. The van der Waals surface area contributed by atoms with E-state index in [9.17, 15) is 9.59 Å². The van der Waals surface area contributed by atoms with Crippen LogP contribution in [0.25, 0.3) is 0 Å². The molecule has 0 aliphatic rings. The minimum absolute atomic E-state index is 0.0394. The van der Waals surface area contributed by atoms with Crippen LogP contribution in [-0.4, -0.2) is 32.3 Å². The number of carbonyl (C=O) groups is 2. The van der Waals surface area contributed by atoms with Crippen molar-refractivity contribution >= 4 is 23.5 Å². The van der Waals surface area contributed by atoms with Crippen LogP contribution in [0.4, 0.5) is 0 Å². The summed E-state index contributed by atoms with van der Waals surface area (Å²) in [6.45, 7) is 4.85. The van der Waals surface area contributed by atoms with Gasteiger partial charge in [0, 0.05) is 7.05 Å². The Bertz CT molecular complexity index is 498. The molecular formula is C11H16ClN3O3. The number of rotatable bonds is 4. The lowest BCUT2D eigenvalue weighted by Gasteiger charge is -2.24. The first-order valence-corrected chi connectivity index (χ1v) is 5.85. The van der Waals surface area contributed by atoms with E-state index in [-0.39, 0.29) is 17.1 Å². The number of hydrogen-bond acceptors (Lipinski definition) is 3. The van der Waals surface area contributed by atoms with Crippen LogP contribution in [0.3, 0.4) is 0 Å². The summed E-state index contributed by atoms with van der Waals surface area (Å²) in [4.78, 5) is 23.1. The molecule has 0 aliphatic heterocycles. The van der Waals surface area contributed by atoms with Gasteiger partial charge in [-0.3, -0.25) is 9.48 Å². The summed E-state index contributed by atoms with van der Waals surface area (Å²) in [7, 11) is 1.66. The lowest BCUT2D eigenvalue weighted by molar-refractivity contribution is -0.143. The van der Waals surface area contributed by atoms with E-state index in [4.69, 9.17) is 16.7 Å². The molecule has 100 valence electrons. The van der Waals surface area contributed by atoms with E-state index in [1.54, 1.807) is 20.9 Å². The highest BCUT2D eigenvalue weighted by Gasteiger charge is 2.34. The average Bonchev–Trinajstić information content (AvgIpc) is 2.56. The van der Waals surface area contributed by atoms with Crippen LogP contribution in [0.2, 0.25) is 5.02 Å². The number of carboxylic acid groups (broad SMARTS) is 1. The SMILES string of the molecule is CCC(C)(NC(=O)c1nn(C)c(C)c1Cl)C(=O)O. The average molecular weight is 274 g/mol. The summed E-state index contributed by atoms with van der Waals surface area (Å²) >= 11 is 5.97. The number of amides is 1. The number of aryl methyl sites for hydroxylation is 1. The van der Waals surface area contributed by atoms with Gasteiger partial charge in [-0.15, -0.1) is 0 Å². The number of halogens is 1. The summed E-state index contributed by atoms with van der Waals surface area (Å²) in [6.07, 6.45) is 0.261. The van der Waals surface area contributed by atoms with Crippen LogP contribution < -0.4 is 5.32 Å². The smallest absolute Gasteiger partial charge is 0.329 e. The van der Waals surface area contributed by atoms with Crippen LogP contribution in [0.5, 0.6) is 0 Å². The molecule has 18 heavy (non-hydrogen) atoms. The Morgan fingerprint density at radius 2 is 2.11 bits per heavy atom. The maximum atomic E-state index is 12.0. The van der Waals surface area contributed by atoms with Crippen molar-refractivity contribution in [3.63, 3.8) is 0 Å². The summed E-state index contributed by atoms with van der Waals surface area (Å²) in [6, 6.07) is 0. The van der Waals surface area contributed by atoms with Gasteiger partial charge >= 0.3 is 5.97 Å². The van der Waals surface area contributed by atoms with E-state index >= 15 is 0 Å². The molecule has 0 spiro atoms. The van der Waals surface area contributed by atoms with Gasteiger partial charge in [0.1, 0.15) is 5.54 Å². The summed E-state index contributed by atoms with van der Waals surface area (Å²) in [5, 5.41) is 15.7. The Labute approximate surface area is 110 Å². The first-order valence-electron chi connectivity index (χ1n) is 5.48. The molecule has 0 aromatic carbocycles. The monoisotopic (exact) mass is 273 g/mol. The number of nitrogens with zero attached hydrogens (tertiary/aromatic N) is 2. The molecule has 1 aromatic rings. The Hall–Kier alpha value is -1.56. The number of carboxylic acids is 1. The molecule has 7 heteroatoms. The van der Waals surface area contributed by atoms with Gasteiger partial charge in [-0.1, -0.05) is 18.5 Å². The van der Waals surface area contributed by atoms with Crippen molar-refractivity contribution in [2.75, 3.05) is 0 Å². The molecule has 6 nitrogen and oxygen atoms in total. The highest BCUT2D eigenvalue weighted by Crippen LogP contribution is 2.20. The molecule has 1 aromatic heterocycles. The molecule has 0 saturated heterocycles. The number of aliphatic carboxylic acids is 1. The molecule has 0 radical (unpaired) electrons. The van der Waals surface area contributed by atoms with Crippen molar-refractivity contribution in [2.45, 2.75) is 32.7 Å². The number of hydrogen-bond donors (Lipinski definition) is 2. The summed E-state index contributed by atoms with van der Waals surface area (Å²) in [5.41, 5.74) is -0.640. The van der Waals surface area contributed by atoms with Gasteiger partial charge < -0.3 is 10.4 Å². The van der Waals surface area contributed by atoms with Crippen molar-refractivity contribution in [1.29, 1.82) is 0 Å². The Morgan fingerprint density at radius 1 is 1.56 bits per heavy atom. The number of carbonyl (C=O) groups excluding carboxylic acids is 1. The van der Waals surface area contributed by atoms with Gasteiger partial charge in [0.25, 0.3) is 5.91 Å². The molecule has 2 N–H and O–H groups in total. The first-order chi connectivity index (χ1) is 8.23. The third-order valence-electron chi connectivity index (χ3n) is 3.04. The van der Waals surface area contributed by atoms with Crippen LogP contribution in [-0.2, 0) is 11.8 Å². The quantitative estimate of drug-likeness (QED) is 0.868. The zero-order chi connectivity index (χ0) is 14.1. The highest BCUT2D eigenvalue weighted by molar-refractivity contribution is 6.34. The molecule has 0 bridgehead atoms. The first kappa shape index (κ1) is 14.5. The van der Waals surface area contributed by atoms with E-state index in [0.717, 1.165) is 0 Å². The molecule has 1 atom stereocenters. The molecule has 0 fully saturated rings. The van der Waals surface area contributed by atoms with Gasteiger partial charge in [-0.05, 0) is 20.3 Å². The summed E-state index contributed by atoms with van der Waals surface area (Å²) < 4.78 is 1.47. The van der Waals surface area contributed by atoms with E-state index < -0.39 is 17.4 Å². The molecular weight excluding hydrogens is 258 g/mol. The minimum Gasteiger partial charge on any atom is -0.480 e. The van der Waals surface area contributed by atoms with Gasteiger partial charge in [0.15, 0.2) is 5.69 Å². The molecule has 0 aliphatic carbocycles. The van der Waals surface area contributed by atoms with Crippen molar-refractivity contribution in [1.82, 2.24) is 15.1 Å². The fraction of sp³-hybridized carbons (Fsp3) is 0.545. The number of nitrogens with one attached hydrogen (secondary N) is 1. The molecule has 1 unspecified atom stereocenters. The second-order valence-corrected chi connectivity index (χ2v) is 4.69. The third kappa shape index (κ3) is 2.48. The molecule has 1 heterocycles. The second kappa shape index (κ2) is 4.97. The lowest BCUT2D eigenvalue weighted by atomic mass is 9.99. The molecule has 1 rings (SSSR count). The van der Waals surface area contributed by atoms with E-state index in [1.807, 2.05) is 0 Å². The zero-order valence-corrected chi connectivity index (χ0v) is 11.5. The predicted molar refractivity (Wildman–Crippen MR) is 66.8 cm³/mol. The topological polar surface area (TPSA) is 84.2 Å². The van der Waals surface area contributed by atoms with E-state index in [2.05, 4.69) is 10.4 Å². The zero-order valence-electron chi connectivity index (χ0n) is 10.7. The standard InChI is InChI=1S/C11H16ClN3O3/c1-5-11(3,10(17)18)13-9(16)8-7(12)6(2)15(4)14-8/h5H2,1-4H3,(H,13,16)(H,17,18). The Balaban J connectivity index is 3.02. The second-order valence-electron chi connectivity index (χ2n) is 4.32. The Kier molecular flexibility index (Phi) is 4.01. The van der Waals surface area contributed by atoms with Crippen LogP contribution in [0.15, 0.2) is 0 Å².